The Kier molecular flexibility index (Phi) is 3.38. The van der Waals surface area contributed by atoms with Crippen molar-refractivity contribution in [2.24, 2.45) is 5.11 Å². The van der Waals surface area contributed by atoms with Crippen molar-refractivity contribution in [1.82, 2.24) is 4.90 Å². The summed E-state index contributed by atoms with van der Waals surface area (Å²) in [6.07, 6.45) is 0.961. The van der Waals surface area contributed by atoms with Gasteiger partial charge >= 0.3 is 5.97 Å². The molecule has 1 amide bonds. The molecule has 104 valence electrons. The highest BCUT2D eigenvalue weighted by molar-refractivity contribution is 5.91. The molecule has 2 saturated heterocycles. The van der Waals surface area contributed by atoms with E-state index < -0.39 is 23.5 Å². The number of aliphatic carboxylic acids is 1. The molecule has 2 heterocycles. The van der Waals surface area contributed by atoms with Gasteiger partial charge in [-0.15, -0.1) is 0 Å². The maximum atomic E-state index is 12.4. The van der Waals surface area contributed by atoms with Crippen LogP contribution in [0.4, 0.5) is 0 Å². The number of hydrogen-bond donors (Lipinski definition) is 1. The predicted molar refractivity (Wildman–Crippen MR) is 64.3 cm³/mol. The topological polar surface area (TPSA) is 116 Å². The van der Waals surface area contributed by atoms with Gasteiger partial charge in [0.05, 0.1) is 12.1 Å². The summed E-state index contributed by atoms with van der Waals surface area (Å²) in [4.78, 5) is 27.7. The zero-order valence-electron chi connectivity index (χ0n) is 10.8. The molecule has 8 nitrogen and oxygen atoms in total. The van der Waals surface area contributed by atoms with E-state index in [2.05, 4.69) is 10.0 Å². The molecule has 0 aliphatic carbocycles. The Labute approximate surface area is 110 Å². The third kappa shape index (κ3) is 2.02. The van der Waals surface area contributed by atoms with Crippen molar-refractivity contribution in [3.63, 3.8) is 0 Å². The Morgan fingerprint density at radius 2 is 2.32 bits per heavy atom. The second kappa shape index (κ2) is 4.71. The lowest BCUT2D eigenvalue weighted by atomic mass is 9.85. The quantitative estimate of drug-likeness (QED) is 0.465. The number of carboxylic acids is 1. The van der Waals surface area contributed by atoms with Crippen molar-refractivity contribution in [3.05, 3.63) is 10.4 Å². The smallest absolute Gasteiger partial charge is 0.326 e. The van der Waals surface area contributed by atoms with Gasteiger partial charge in [-0.1, -0.05) is 5.11 Å². The molecule has 19 heavy (non-hydrogen) atoms. The molecule has 0 aromatic rings. The summed E-state index contributed by atoms with van der Waals surface area (Å²) in [6, 6.07) is -1.11. The number of amides is 1. The van der Waals surface area contributed by atoms with Crippen molar-refractivity contribution in [2.75, 3.05) is 7.11 Å². The van der Waals surface area contributed by atoms with Crippen LogP contribution in [0.5, 0.6) is 0 Å². The number of rotatable bonds is 3. The Bertz CT molecular complexity index is 462. The molecule has 4 atom stereocenters. The number of hydrogen-bond acceptors (Lipinski definition) is 4. The Hall–Kier alpha value is -1.79. The largest absolute Gasteiger partial charge is 0.480 e. The number of carbonyl (C=O) groups is 2. The minimum Gasteiger partial charge on any atom is -0.480 e. The third-order valence-corrected chi connectivity index (χ3v) is 4.01. The molecule has 2 aliphatic heterocycles. The van der Waals surface area contributed by atoms with Crippen LogP contribution < -0.4 is 0 Å². The first-order valence-corrected chi connectivity index (χ1v) is 6.09. The van der Waals surface area contributed by atoms with E-state index in [1.165, 1.54) is 18.9 Å². The van der Waals surface area contributed by atoms with Crippen LogP contribution in [0.15, 0.2) is 5.11 Å². The second-order valence-corrected chi connectivity index (χ2v) is 5.15. The molecule has 0 spiro atoms. The maximum absolute atomic E-state index is 12.4. The SMILES string of the molecule is CO[C@H]1C[C@](C)(N=[N+]=[N-])C(=O)N2[C@H](C(=O)O)CC[C@@H]12. The number of carbonyl (C=O) groups excluding carboxylic acids is 1. The van der Waals surface area contributed by atoms with Crippen molar-refractivity contribution in [3.8, 4) is 0 Å². The number of fused-ring (bicyclic) bond motifs is 1. The van der Waals surface area contributed by atoms with Crippen LogP contribution >= 0.6 is 0 Å². The fraction of sp³-hybridized carbons (Fsp3) is 0.818. The lowest BCUT2D eigenvalue weighted by Crippen LogP contribution is -2.62. The van der Waals surface area contributed by atoms with Crippen molar-refractivity contribution in [2.45, 2.75) is 49.9 Å². The molecule has 0 radical (unpaired) electrons. The Morgan fingerprint density at radius 1 is 1.63 bits per heavy atom. The molecule has 0 unspecified atom stereocenters. The van der Waals surface area contributed by atoms with Gasteiger partial charge < -0.3 is 14.7 Å². The minimum atomic E-state index is -1.27. The van der Waals surface area contributed by atoms with Gasteiger partial charge in [-0.25, -0.2) is 4.79 Å². The molecule has 0 aromatic heterocycles. The summed E-state index contributed by atoms with van der Waals surface area (Å²) >= 11 is 0. The van der Waals surface area contributed by atoms with Gasteiger partial charge in [0.25, 0.3) is 0 Å². The molecule has 2 rings (SSSR count). The first-order valence-electron chi connectivity index (χ1n) is 6.09. The average molecular weight is 268 g/mol. The van der Waals surface area contributed by atoms with Gasteiger partial charge in [-0.05, 0) is 31.7 Å². The van der Waals surface area contributed by atoms with Crippen LogP contribution in [-0.4, -0.2) is 52.7 Å². The monoisotopic (exact) mass is 268 g/mol. The molecule has 0 bridgehead atoms. The first-order chi connectivity index (χ1) is 8.94. The lowest BCUT2D eigenvalue weighted by molar-refractivity contribution is -0.160. The number of nitrogens with zero attached hydrogens (tertiary/aromatic N) is 4. The molecule has 2 fully saturated rings. The van der Waals surface area contributed by atoms with E-state index in [-0.39, 0.29) is 18.6 Å². The predicted octanol–water partition coefficient (Wildman–Crippen LogP) is 0.918. The molecule has 2 aliphatic rings. The van der Waals surface area contributed by atoms with E-state index in [9.17, 15) is 14.7 Å². The van der Waals surface area contributed by atoms with E-state index >= 15 is 0 Å². The molecular weight excluding hydrogens is 252 g/mol. The van der Waals surface area contributed by atoms with Crippen molar-refractivity contribution >= 4 is 11.9 Å². The van der Waals surface area contributed by atoms with E-state index in [1.54, 1.807) is 0 Å². The third-order valence-electron chi connectivity index (χ3n) is 4.01. The van der Waals surface area contributed by atoms with Crippen LogP contribution in [0.3, 0.4) is 0 Å². The second-order valence-electron chi connectivity index (χ2n) is 5.15. The molecule has 8 heteroatoms. The number of methoxy groups -OCH3 is 1. The van der Waals surface area contributed by atoms with E-state index in [0.717, 1.165) is 0 Å². The summed E-state index contributed by atoms with van der Waals surface area (Å²) in [6.45, 7) is 1.52. The lowest BCUT2D eigenvalue weighted by Gasteiger charge is -2.44. The zero-order valence-corrected chi connectivity index (χ0v) is 10.8. The van der Waals surface area contributed by atoms with E-state index in [4.69, 9.17) is 10.3 Å². The van der Waals surface area contributed by atoms with Gasteiger partial charge in [-0.2, -0.15) is 0 Å². The Balaban J connectivity index is 2.40. The van der Waals surface area contributed by atoms with Crippen molar-refractivity contribution in [1.29, 1.82) is 0 Å². The van der Waals surface area contributed by atoms with Gasteiger partial charge in [0.1, 0.15) is 11.6 Å². The summed E-state index contributed by atoms with van der Waals surface area (Å²) in [5.41, 5.74) is 7.33. The van der Waals surface area contributed by atoms with Crippen LogP contribution in [0.25, 0.3) is 10.4 Å². The molecule has 1 N–H and O–H groups in total. The summed E-state index contributed by atoms with van der Waals surface area (Å²) in [5.74, 6) is -1.45. The standard InChI is InChI=1S/C11H16N4O4/c1-11(13-14-12)5-8(19-2)6-3-4-7(9(16)17)15(6)10(11)18/h6-8H,3-5H2,1-2H3,(H,16,17)/t6-,7-,8-,11-/m0/s1. The minimum absolute atomic E-state index is 0.249. The normalized spacial score (nSPS) is 37.7. The number of carboxylic acid groups (broad SMARTS) is 1. The van der Waals surface area contributed by atoms with Crippen LogP contribution in [0.1, 0.15) is 26.2 Å². The number of piperidine rings is 1. The summed E-state index contributed by atoms with van der Waals surface area (Å²) in [7, 11) is 1.52. The fourth-order valence-corrected chi connectivity index (χ4v) is 3.05. The van der Waals surface area contributed by atoms with Gasteiger partial charge in [-0.3, -0.25) is 4.79 Å². The van der Waals surface area contributed by atoms with Gasteiger partial charge in [0.2, 0.25) is 5.91 Å². The van der Waals surface area contributed by atoms with E-state index in [0.29, 0.717) is 12.8 Å². The zero-order chi connectivity index (χ0) is 14.2. The average Bonchev–Trinajstić information content (AvgIpc) is 2.79. The molecule has 0 aromatic carbocycles. The van der Waals surface area contributed by atoms with Gasteiger partial charge in [0, 0.05) is 12.0 Å². The van der Waals surface area contributed by atoms with Crippen LogP contribution in [-0.2, 0) is 14.3 Å². The number of ether oxygens (including phenoxy) is 1. The van der Waals surface area contributed by atoms with Crippen LogP contribution in [0.2, 0.25) is 0 Å². The molecular formula is C11H16N4O4. The van der Waals surface area contributed by atoms with Gasteiger partial charge in [0.15, 0.2) is 0 Å². The van der Waals surface area contributed by atoms with E-state index in [1.807, 2.05) is 0 Å². The first kappa shape index (κ1) is 13.6. The Morgan fingerprint density at radius 3 is 2.84 bits per heavy atom. The highest BCUT2D eigenvalue weighted by Gasteiger charge is 2.55. The molecule has 0 saturated carbocycles. The highest BCUT2D eigenvalue weighted by Crippen LogP contribution is 2.39. The maximum Gasteiger partial charge on any atom is 0.326 e. The summed E-state index contributed by atoms with van der Waals surface area (Å²) < 4.78 is 5.35. The number of azide groups is 1. The highest BCUT2D eigenvalue weighted by atomic mass is 16.5. The van der Waals surface area contributed by atoms with Crippen LogP contribution in [0, 0.1) is 0 Å². The van der Waals surface area contributed by atoms with Crippen molar-refractivity contribution < 1.29 is 19.4 Å². The summed E-state index contributed by atoms with van der Waals surface area (Å²) in [5, 5.41) is 12.8. The fourth-order valence-electron chi connectivity index (χ4n) is 3.05.